The molecule has 1 fully saturated rings. The maximum absolute atomic E-state index is 13.2. The van der Waals surface area contributed by atoms with Crippen LogP contribution >= 0.6 is 0 Å². The minimum Gasteiger partial charge on any atom is -0.459 e. The number of benzene rings is 1. The van der Waals surface area contributed by atoms with Gasteiger partial charge in [-0.05, 0) is 64.4 Å². The van der Waals surface area contributed by atoms with Crippen LogP contribution in [0.15, 0.2) is 43.0 Å². The maximum atomic E-state index is 13.2. The summed E-state index contributed by atoms with van der Waals surface area (Å²) in [5, 5.41) is 3.12. The molecule has 32 heavy (non-hydrogen) atoms. The van der Waals surface area contributed by atoms with Crippen molar-refractivity contribution < 1.29 is 14.3 Å². The van der Waals surface area contributed by atoms with Crippen molar-refractivity contribution in [1.82, 2.24) is 10.2 Å². The van der Waals surface area contributed by atoms with E-state index in [1.54, 1.807) is 6.92 Å². The van der Waals surface area contributed by atoms with E-state index in [1.807, 2.05) is 32.9 Å². The Hall–Kier alpha value is -2.14. The first-order valence-corrected chi connectivity index (χ1v) is 12.0. The summed E-state index contributed by atoms with van der Waals surface area (Å²) in [6, 6.07) is 10.2. The van der Waals surface area contributed by atoms with Gasteiger partial charge in [0.15, 0.2) is 0 Å². The van der Waals surface area contributed by atoms with Crippen molar-refractivity contribution in [3.63, 3.8) is 0 Å². The van der Waals surface area contributed by atoms with Crippen LogP contribution in [0, 0.1) is 11.8 Å². The molecule has 1 aliphatic rings. The molecule has 5 atom stereocenters. The molecule has 0 aromatic heterocycles. The topological polar surface area (TPSA) is 58.6 Å². The van der Waals surface area contributed by atoms with Gasteiger partial charge in [0, 0.05) is 25.6 Å². The lowest BCUT2D eigenvalue weighted by Crippen LogP contribution is -2.54. The highest BCUT2D eigenvalue weighted by atomic mass is 16.6. The number of carbonyl (C=O) groups is 2. The summed E-state index contributed by atoms with van der Waals surface area (Å²) >= 11 is 0. The minimum absolute atomic E-state index is 0.00299. The van der Waals surface area contributed by atoms with Crippen LogP contribution in [-0.2, 0) is 20.7 Å². The summed E-state index contributed by atoms with van der Waals surface area (Å²) in [5.41, 5.74) is 0.703. The fraction of sp³-hybridized carbons (Fsp3) is 0.630. The molecule has 0 saturated carbocycles. The number of nitrogens with one attached hydrogen (secondary N) is 1. The van der Waals surface area contributed by atoms with Crippen molar-refractivity contribution in [3.8, 4) is 0 Å². The largest absolute Gasteiger partial charge is 0.459 e. The van der Waals surface area contributed by atoms with Crippen molar-refractivity contribution in [2.45, 2.75) is 91.0 Å². The van der Waals surface area contributed by atoms with Gasteiger partial charge >= 0.3 is 5.97 Å². The Kier molecular flexibility index (Phi) is 9.50. The first-order chi connectivity index (χ1) is 15.1. The molecule has 178 valence electrons. The zero-order valence-corrected chi connectivity index (χ0v) is 20.8. The van der Waals surface area contributed by atoms with Crippen LogP contribution in [-0.4, -0.2) is 47.0 Å². The summed E-state index contributed by atoms with van der Waals surface area (Å²) in [6.07, 6.45) is 5.48. The molecule has 1 aromatic rings. The molecular formula is C27H42N2O3. The summed E-state index contributed by atoms with van der Waals surface area (Å²) in [4.78, 5) is 27.5. The number of hydrogen-bond donors (Lipinski definition) is 1. The van der Waals surface area contributed by atoms with E-state index in [-0.39, 0.29) is 41.8 Å². The Morgan fingerprint density at radius 2 is 1.94 bits per heavy atom. The van der Waals surface area contributed by atoms with Gasteiger partial charge in [0.05, 0.1) is 0 Å². The predicted octanol–water partition coefficient (Wildman–Crippen LogP) is 4.76. The Morgan fingerprint density at radius 3 is 2.47 bits per heavy atom. The van der Waals surface area contributed by atoms with Crippen LogP contribution in [0.3, 0.4) is 0 Å². The monoisotopic (exact) mass is 442 g/mol. The molecule has 1 aromatic carbocycles. The number of rotatable bonds is 10. The molecule has 1 amide bonds. The second-order valence-corrected chi connectivity index (χ2v) is 10.2. The van der Waals surface area contributed by atoms with Gasteiger partial charge in [0.1, 0.15) is 11.6 Å². The number of ether oxygens (including phenoxy) is 1. The third kappa shape index (κ3) is 7.47. The number of carbonyl (C=O) groups excluding carboxylic acids is 2. The standard InChI is InChI=1S/C27H42N2O3/c1-8-13-23(19(3)28-20(4)30)24(17-22-14-11-10-12-15-22)29-18-21(9-2)16-25(29)26(31)32-27(5,6)7/h9-12,14-15,19,21,23-25H,2,8,13,16-18H2,1,3-7H3,(H,28,30). The van der Waals surface area contributed by atoms with Gasteiger partial charge in [0.25, 0.3) is 0 Å². The van der Waals surface area contributed by atoms with Crippen molar-refractivity contribution in [2.24, 2.45) is 11.8 Å². The molecule has 1 aliphatic heterocycles. The van der Waals surface area contributed by atoms with E-state index in [0.717, 1.165) is 32.2 Å². The lowest BCUT2D eigenvalue weighted by Gasteiger charge is -2.41. The zero-order chi connectivity index (χ0) is 23.9. The van der Waals surface area contributed by atoms with E-state index in [9.17, 15) is 9.59 Å². The van der Waals surface area contributed by atoms with Crippen LogP contribution in [0.25, 0.3) is 0 Å². The molecular weight excluding hydrogens is 400 g/mol. The normalized spacial score (nSPS) is 22.1. The fourth-order valence-corrected chi connectivity index (χ4v) is 4.94. The van der Waals surface area contributed by atoms with E-state index < -0.39 is 5.60 Å². The Morgan fingerprint density at radius 1 is 1.28 bits per heavy atom. The number of likely N-dealkylation sites (tertiary alicyclic amines) is 1. The van der Waals surface area contributed by atoms with Crippen molar-refractivity contribution in [1.29, 1.82) is 0 Å². The van der Waals surface area contributed by atoms with Gasteiger partial charge in [-0.25, -0.2) is 0 Å². The second-order valence-electron chi connectivity index (χ2n) is 10.2. The van der Waals surface area contributed by atoms with Crippen LogP contribution in [0.4, 0.5) is 0 Å². The molecule has 5 heteroatoms. The Labute approximate surface area is 194 Å². The first-order valence-electron chi connectivity index (χ1n) is 12.0. The Bertz CT molecular complexity index is 756. The van der Waals surface area contributed by atoms with Crippen molar-refractivity contribution in [2.75, 3.05) is 6.54 Å². The Balaban J connectivity index is 2.44. The number of amides is 1. The summed E-state index contributed by atoms with van der Waals surface area (Å²) < 4.78 is 5.83. The molecule has 5 nitrogen and oxygen atoms in total. The zero-order valence-electron chi connectivity index (χ0n) is 20.8. The highest BCUT2D eigenvalue weighted by Gasteiger charge is 2.44. The molecule has 1 N–H and O–H groups in total. The maximum Gasteiger partial charge on any atom is 0.323 e. The van der Waals surface area contributed by atoms with E-state index in [2.05, 4.69) is 54.9 Å². The first kappa shape index (κ1) is 26.1. The van der Waals surface area contributed by atoms with Crippen molar-refractivity contribution in [3.05, 3.63) is 48.6 Å². The third-order valence-electron chi connectivity index (χ3n) is 6.29. The number of esters is 1. The summed E-state index contributed by atoms with van der Waals surface area (Å²) in [7, 11) is 0. The number of hydrogen-bond acceptors (Lipinski definition) is 4. The summed E-state index contributed by atoms with van der Waals surface area (Å²) in [5.74, 6) is 0.259. The third-order valence-corrected chi connectivity index (χ3v) is 6.29. The van der Waals surface area contributed by atoms with E-state index in [1.165, 1.54) is 5.56 Å². The molecule has 0 aliphatic carbocycles. The summed E-state index contributed by atoms with van der Waals surface area (Å²) in [6.45, 7) is 16.4. The average molecular weight is 443 g/mol. The number of nitrogens with zero attached hydrogens (tertiary/aromatic N) is 1. The van der Waals surface area contributed by atoms with E-state index in [4.69, 9.17) is 4.74 Å². The van der Waals surface area contributed by atoms with Gasteiger partial charge in [-0.2, -0.15) is 0 Å². The van der Waals surface area contributed by atoms with Gasteiger partial charge in [-0.1, -0.05) is 49.8 Å². The van der Waals surface area contributed by atoms with Gasteiger partial charge in [-0.15, -0.1) is 6.58 Å². The van der Waals surface area contributed by atoms with Gasteiger partial charge in [0.2, 0.25) is 5.91 Å². The molecule has 2 rings (SSSR count). The molecule has 5 unspecified atom stereocenters. The van der Waals surface area contributed by atoms with Gasteiger partial charge in [-0.3, -0.25) is 14.5 Å². The smallest absolute Gasteiger partial charge is 0.323 e. The highest BCUT2D eigenvalue weighted by molar-refractivity contribution is 5.77. The predicted molar refractivity (Wildman–Crippen MR) is 130 cm³/mol. The van der Waals surface area contributed by atoms with Crippen LogP contribution in [0.2, 0.25) is 0 Å². The van der Waals surface area contributed by atoms with E-state index >= 15 is 0 Å². The fourth-order valence-electron chi connectivity index (χ4n) is 4.94. The minimum atomic E-state index is -0.532. The molecule has 0 spiro atoms. The lowest BCUT2D eigenvalue weighted by molar-refractivity contribution is -0.161. The lowest BCUT2D eigenvalue weighted by atomic mass is 9.83. The molecule has 0 bridgehead atoms. The van der Waals surface area contributed by atoms with Crippen LogP contribution in [0.1, 0.15) is 66.4 Å². The molecule has 1 saturated heterocycles. The van der Waals surface area contributed by atoms with Gasteiger partial charge < -0.3 is 10.1 Å². The van der Waals surface area contributed by atoms with Crippen LogP contribution < -0.4 is 5.32 Å². The quantitative estimate of drug-likeness (QED) is 0.419. The molecule has 1 heterocycles. The van der Waals surface area contributed by atoms with Crippen molar-refractivity contribution >= 4 is 11.9 Å². The SMILES string of the molecule is C=CC1CC(C(=O)OC(C)(C)C)N(C(Cc2ccccc2)C(CCC)C(C)NC(C)=O)C1. The highest BCUT2D eigenvalue weighted by Crippen LogP contribution is 2.34. The molecule has 0 radical (unpaired) electrons. The van der Waals surface area contributed by atoms with Crippen LogP contribution in [0.5, 0.6) is 0 Å². The van der Waals surface area contributed by atoms with E-state index in [0.29, 0.717) is 0 Å². The second kappa shape index (κ2) is 11.6. The average Bonchev–Trinajstić information content (AvgIpc) is 3.14.